The highest BCUT2D eigenvalue weighted by Gasteiger charge is 2.26. The molecule has 24 heavy (non-hydrogen) atoms. The monoisotopic (exact) mass is 444 g/mol. The van der Waals surface area contributed by atoms with E-state index in [-0.39, 0.29) is 24.0 Å². The average molecular weight is 444 g/mol. The summed E-state index contributed by atoms with van der Waals surface area (Å²) >= 11 is 0. The molecule has 1 saturated carbocycles. The normalized spacial score (nSPS) is 20.5. The summed E-state index contributed by atoms with van der Waals surface area (Å²) in [6.45, 7) is 6.00. The number of para-hydroxylation sites is 2. The van der Waals surface area contributed by atoms with Crippen molar-refractivity contribution in [2.24, 2.45) is 10.9 Å². The SMILES string of the molecule is CCNC(=NCC1CC1)NC1CCN(c2ccccc2OC)C1.I. The Hall–Kier alpha value is -1.18. The molecule has 2 N–H and O–H groups in total. The Bertz CT molecular complexity index is 548. The molecular weight excluding hydrogens is 415 g/mol. The molecule has 1 heterocycles. The number of nitrogens with one attached hydrogen (secondary N) is 2. The van der Waals surface area contributed by atoms with E-state index in [0.717, 1.165) is 50.2 Å². The molecule has 1 atom stereocenters. The van der Waals surface area contributed by atoms with Crippen LogP contribution in [0.25, 0.3) is 0 Å². The van der Waals surface area contributed by atoms with Gasteiger partial charge in [-0.15, -0.1) is 24.0 Å². The Morgan fingerprint density at radius 3 is 2.79 bits per heavy atom. The van der Waals surface area contributed by atoms with Crippen LogP contribution in [-0.2, 0) is 0 Å². The number of guanidine groups is 1. The molecule has 1 aliphatic carbocycles. The van der Waals surface area contributed by atoms with Gasteiger partial charge in [-0.2, -0.15) is 0 Å². The zero-order chi connectivity index (χ0) is 16.1. The van der Waals surface area contributed by atoms with Gasteiger partial charge in [0.15, 0.2) is 5.96 Å². The molecule has 0 aromatic heterocycles. The number of ether oxygens (including phenoxy) is 1. The molecule has 134 valence electrons. The largest absolute Gasteiger partial charge is 0.495 e. The summed E-state index contributed by atoms with van der Waals surface area (Å²) in [5, 5.41) is 6.96. The highest BCUT2D eigenvalue weighted by Crippen LogP contribution is 2.30. The van der Waals surface area contributed by atoms with Gasteiger partial charge in [-0.05, 0) is 44.2 Å². The van der Waals surface area contributed by atoms with E-state index < -0.39 is 0 Å². The summed E-state index contributed by atoms with van der Waals surface area (Å²) in [5.41, 5.74) is 1.18. The van der Waals surface area contributed by atoms with E-state index in [1.54, 1.807) is 7.11 Å². The maximum absolute atomic E-state index is 5.49. The summed E-state index contributed by atoms with van der Waals surface area (Å²) in [7, 11) is 1.73. The lowest BCUT2D eigenvalue weighted by atomic mass is 10.2. The van der Waals surface area contributed by atoms with Crippen molar-refractivity contribution in [1.29, 1.82) is 0 Å². The smallest absolute Gasteiger partial charge is 0.191 e. The number of hydrogen-bond donors (Lipinski definition) is 2. The van der Waals surface area contributed by atoms with Gasteiger partial charge in [0.2, 0.25) is 0 Å². The van der Waals surface area contributed by atoms with Gasteiger partial charge in [0.1, 0.15) is 5.75 Å². The lowest BCUT2D eigenvalue weighted by Gasteiger charge is -2.22. The fourth-order valence-electron chi connectivity index (χ4n) is 3.02. The summed E-state index contributed by atoms with van der Waals surface area (Å²) in [5.74, 6) is 2.73. The minimum Gasteiger partial charge on any atom is -0.495 e. The molecule has 2 aliphatic rings. The van der Waals surface area contributed by atoms with Crippen LogP contribution in [0, 0.1) is 5.92 Å². The van der Waals surface area contributed by atoms with E-state index >= 15 is 0 Å². The highest BCUT2D eigenvalue weighted by atomic mass is 127. The molecule has 1 saturated heterocycles. The van der Waals surface area contributed by atoms with Gasteiger partial charge in [0, 0.05) is 32.2 Å². The van der Waals surface area contributed by atoms with E-state index in [1.807, 2.05) is 12.1 Å². The molecule has 0 radical (unpaired) electrons. The fraction of sp³-hybridized carbons (Fsp3) is 0.611. The van der Waals surface area contributed by atoms with Gasteiger partial charge in [-0.1, -0.05) is 12.1 Å². The molecule has 1 unspecified atom stereocenters. The van der Waals surface area contributed by atoms with Gasteiger partial charge in [0.05, 0.1) is 12.8 Å². The number of nitrogens with zero attached hydrogens (tertiary/aromatic N) is 2. The second-order valence-electron chi connectivity index (χ2n) is 6.41. The molecule has 1 aromatic rings. The minimum absolute atomic E-state index is 0. The Balaban J connectivity index is 0.00000208. The van der Waals surface area contributed by atoms with Gasteiger partial charge < -0.3 is 20.3 Å². The van der Waals surface area contributed by atoms with Crippen LogP contribution >= 0.6 is 24.0 Å². The Kier molecular flexibility index (Phi) is 7.45. The second kappa shape index (κ2) is 9.34. The molecule has 0 spiro atoms. The predicted molar refractivity (Wildman–Crippen MR) is 111 cm³/mol. The van der Waals surface area contributed by atoms with Crippen LogP contribution in [0.3, 0.4) is 0 Å². The van der Waals surface area contributed by atoms with Gasteiger partial charge in [-0.25, -0.2) is 0 Å². The van der Waals surface area contributed by atoms with Crippen molar-refractivity contribution in [2.45, 2.75) is 32.2 Å². The quantitative estimate of drug-likeness (QED) is 0.403. The van der Waals surface area contributed by atoms with E-state index in [9.17, 15) is 0 Å². The van der Waals surface area contributed by atoms with E-state index in [1.165, 1.54) is 18.5 Å². The first-order valence-electron chi connectivity index (χ1n) is 8.73. The van der Waals surface area contributed by atoms with Crippen molar-refractivity contribution in [3.63, 3.8) is 0 Å². The van der Waals surface area contributed by atoms with Crippen molar-refractivity contribution in [2.75, 3.05) is 38.2 Å². The molecule has 1 aliphatic heterocycles. The van der Waals surface area contributed by atoms with Crippen LogP contribution in [0.15, 0.2) is 29.3 Å². The van der Waals surface area contributed by atoms with Gasteiger partial charge >= 0.3 is 0 Å². The van der Waals surface area contributed by atoms with Crippen LogP contribution in [0.5, 0.6) is 5.75 Å². The van der Waals surface area contributed by atoms with Gasteiger partial charge in [0.25, 0.3) is 0 Å². The third-order valence-corrected chi connectivity index (χ3v) is 4.50. The molecular formula is C18H29IN4O. The molecule has 2 fully saturated rings. The van der Waals surface area contributed by atoms with Gasteiger partial charge in [-0.3, -0.25) is 4.99 Å². The Morgan fingerprint density at radius 1 is 1.29 bits per heavy atom. The van der Waals surface area contributed by atoms with Crippen molar-refractivity contribution in [1.82, 2.24) is 10.6 Å². The number of anilines is 1. The summed E-state index contributed by atoms with van der Waals surface area (Å²) < 4.78 is 5.49. The molecule has 6 heteroatoms. The molecule has 0 amide bonds. The number of aliphatic imine (C=N–C) groups is 1. The lowest BCUT2D eigenvalue weighted by molar-refractivity contribution is 0.415. The first-order valence-corrected chi connectivity index (χ1v) is 8.73. The third-order valence-electron chi connectivity index (χ3n) is 4.50. The summed E-state index contributed by atoms with van der Waals surface area (Å²) in [6, 6.07) is 8.67. The first kappa shape index (κ1) is 19.1. The second-order valence-corrected chi connectivity index (χ2v) is 6.41. The van der Waals surface area contributed by atoms with E-state index in [4.69, 9.17) is 9.73 Å². The van der Waals surface area contributed by atoms with E-state index in [2.05, 4.69) is 34.6 Å². The standard InChI is InChI=1S/C18H28N4O.HI/c1-3-19-18(20-12-14-8-9-14)21-15-10-11-22(13-15)16-6-4-5-7-17(16)23-2;/h4-7,14-15H,3,8-13H2,1-2H3,(H2,19,20,21);1H. The molecule has 5 nitrogen and oxygen atoms in total. The van der Waals surface area contributed by atoms with Crippen LogP contribution in [0.1, 0.15) is 26.2 Å². The number of rotatable bonds is 6. The van der Waals surface area contributed by atoms with Crippen molar-refractivity contribution in [3.8, 4) is 5.75 Å². The predicted octanol–water partition coefficient (Wildman–Crippen LogP) is 2.86. The summed E-state index contributed by atoms with van der Waals surface area (Å²) in [6.07, 6.45) is 3.80. The minimum atomic E-state index is 0. The van der Waals surface area contributed by atoms with Crippen molar-refractivity contribution >= 4 is 35.6 Å². The van der Waals surface area contributed by atoms with Crippen LogP contribution in [0.2, 0.25) is 0 Å². The summed E-state index contributed by atoms with van der Waals surface area (Å²) in [4.78, 5) is 7.11. The lowest BCUT2D eigenvalue weighted by Crippen LogP contribution is -2.44. The number of hydrogen-bond acceptors (Lipinski definition) is 3. The maximum atomic E-state index is 5.49. The van der Waals surface area contributed by atoms with Crippen molar-refractivity contribution in [3.05, 3.63) is 24.3 Å². The zero-order valence-electron chi connectivity index (χ0n) is 14.6. The number of methoxy groups -OCH3 is 1. The molecule has 1 aromatic carbocycles. The van der Waals surface area contributed by atoms with Crippen molar-refractivity contribution < 1.29 is 4.74 Å². The Labute approximate surface area is 162 Å². The molecule has 0 bridgehead atoms. The average Bonchev–Trinajstić information content (AvgIpc) is 3.30. The van der Waals surface area contributed by atoms with Crippen LogP contribution in [-0.4, -0.2) is 45.3 Å². The third kappa shape index (κ3) is 5.16. The van der Waals surface area contributed by atoms with Crippen LogP contribution < -0.4 is 20.3 Å². The van der Waals surface area contributed by atoms with Crippen LogP contribution in [0.4, 0.5) is 5.69 Å². The number of benzene rings is 1. The topological polar surface area (TPSA) is 48.9 Å². The highest BCUT2D eigenvalue weighted by molar-refractivity contribution is 14.0. The molecule has 3 rings (SSSR count). The fourth-order valence-corrected chi connectivity index (χ4v) is 3.02. The Morgan fingerprint density at radius 2 is 2.08 bits per heavy atom. The van der Waals surface area contributed by atoms with E-state index in [0.29, 0.717) is 6.04 Å². The first-order chi connectivity index (χ1) is 11.3. The maximum Gasteiger partial charge on any atom is 0.191 e. The zero-order valence-corrected chi connectivity index (χ0v) is 17.0. The number of halogens is 1.